The second kappa shape index (κ2) is 4.51. The summed E-state index contributed by atoms with van der Waals surface area (Å²) in [6, 6.07) is 0. The molecule has 0 spiro atoms. The molecule has 0 radical (unpaired) electrons. The van der Waals surface area contributed by atoms with Crippen molar-refractivity contribution in [2.24, 2.45) is 23.2 Å². The molecule has 100 valence electrons. The molecule has 0 aromatic heterocycles. The van der Waals surface area contributed by atoms with Crippen LogP contribution < -0.4 is 0 Å². The third-order valence-corrected chi connectivity index (χ3v) is 5.57. The second-order valence-electron chi connectivity index (χ2n) is 7.52. The molecule has 2 fully saturated rings. The predicted octanol–water partition coefficient (Wildman–Crippen LogP) is 4.52. The first-order valence-electron chi connectivity index (χ1n) is 7.80. The Kier molecular flexibility index (Phi) is 3.11. The van der Waals surface area contributed by atoms with Gasteiger partial charge in [-0.25, -0.2) is 0 Å². The number of hydrogen-bond donors (Lipinski definition) is 0. The van der Waals surface area contributed by atoms with Crippen molar-refractivity contribution in [1.82, 2.24) is 0 Å². The van der Waals surface area contributed by atoms with Crippen LogP contribution in [0.15, 0.2) is 11.6 Å². The maximum Gasteiger partial charge on any atom is 0.159 e. The van der Waals surface area contributed by atoms with Crippen molar-refractivity contribution in [3.8, 4) is 0 Å². The number of ketones is 1. The third-order valence-electron chi connectivity index (χ3n) is 5.57. The molecular weight excluding hydrogens is 220 g/mol. The van der Waals surface area contributed by atoms with Gasteiger partial charge in [0.05, 0.1) is 0 Å². The zero-order valence-electron chi connectivity index (χ0n) is 11.9. The van der Waals surface area contributed by atoms with Crippen LogP contribution in [-0.4, -0.2) is 5.78 Å². The van der Waals surface area contributed by atoms with Gasteiger partial charge in [0.2, 0.25) is 0 Å². The summed E-state index contributed by atoms with van der Waals surface area (Å²) >= 11 is 0. The Balaban J connectivity index is 1.79. The van der Waals surface area contributed by atoms with Crippen LogP contribution in [0, 0.1) is 23.2 Å². The van der Waals surface area contributed by atoms with Gasteiger partial charge in [-0.2, -0.15) is 0 Å². The van der Waals surface area contributed by atoms with E-state index >= 15 is 0 Å². The highest BCUT2D eigenvalue weighted by Crippen LogP contribution is 2.50. The summed E-state index contributed by atoms with van der Waals surface area (Å²) in [4.78, 5) is 12.4. The number of fused-ring (bicyclic) bond motifs is 1. The van der Waals surface area contributed by atoms with E-state index in [2.05, 4.69) is 19.9 Å². The molecular formula is C17H26O. The minimum atomic E-state index is 0.200. The van der Waals surface area contributed by atoms with E-state index in [0.717, 1.165) is 24.7 Å². The molecule has 3 unspecified atom stereocenters. The SMILES string of the molecule is CC1(C)CC=C(C2CCC3CCCCC32)C(=O)C1. The molecule has 0 N–H and O–H groups in total. The van der Waals surface area contributed by atoms with Crippen LogP contribution in [0.4, 0.5) is 0 Å². The van der Waals surface area contributed by atoms with Gasteiger partial charge in [-0.3, -0.25) is 4.79 Å². The fourth-order valence-electron chi connectivity index (χ4n) is 4.59. The van der Waals surface area contributed by atoms with Crippen LogP contribution in [0.3, 0.4) is 0 Å². The molecule has 0 aromatic carbocycles. The quantitative estimate of drug-likeness (QED) is 0.665. The van der Waals surface area contributed by atoms with Crippen molar-refractivity contribution in [3.05, 3.63) is 11.6 Å². The molecule has 2 saturated carbocycles. The molecule has 1 heteroatoms. The van der Waals surface area contributed by atoms with Crippen LogP contribution in [0.25, 0.3) is 0 Å². The van der Waals surface area contributed by atoms with Gasteiger partial charge in [0.25, 0.3) is 0 Å². The predicted molar refractivity (Wildman–Crippen MR) is 74.3 cm³/mol. The van der Waals surface area contributed by atoms with Gasteiger partial charge in [-0.15, -0.1) is 0 Å². The van der Waals surface area contributed by atoms with Gasteiger partial charge in [-0.1, -0.05) is 39.2 Å². The molecule has 0 saturated heterocycles. The van der Waals surface area contributed by atoms with Crippen LogP contribution in [0.1, 0.15) is 65.2 Å². The Hall–Kier alpha value is -0.590. The fraction of sp³-hybridized carbons (Fsp3) is 0.824. The minimum absolute atomic E-state index is 0.200. The Morgan fingerprint density at radius 3 is 2.67 bits per heavy atom. The van der Waals surface area contributed by atoms with Crippen LogP contribution >= 0.6 is 0 Å². The first-order chi connectivity index (χ1) is 8.57. The largest absolute Gasteiger partial charge is 0.295 e. The molecule has 0 heterocycles. The Morgan fingerprint density at radius 2 is 1.89 bits per heavy atom. The normalized spacial score (nSPS) is 39.3. The summed E-state index contributed by atoms with van der Waals surface area (Å²) in [6.45, 7) is 4.44. The Morgan fingerprint density at radius 1 is 1.11 bits per heavy atom. The second-order valence-corrected chi connectivity index (χ2v) is 7.52. The van der Waals surface area contributed by atoms with Gasteiger partial charge in [0.1, 0.15) is 0 Å². The minimum Gasteiger partial charge on any atom is -0.295 e. The topological polar surface area (TPSA) is 17.1 Å². The molecule has 0 bridgehead atoms. The third kappa shape index (κ3) is 2.17. The van der Waals surface area contributed by atoms with E-state index in [1.807, 2.05) is 0 Å². The highest BCUT2D eigenvalue weighted by atomic mass is 16.1. The van der Waals surface area contributed by atoms with E-state index in [9.17, 15) is 4.79 Å². The number of carbonyl (C=O) groups excluding carboxylic acids is 1. The van der Waals surface area contributed by atoms with E-state index < -0.39 is 0 Å². The van der Waals surface area contributed by atoms with Crippen molar-refractivity contribution in [3.63, 3.8) is 0 Å². The number of Topliss-reactive ketones (excluding diaryl/α,β-unsaturated/α-hetero) is 1. The lowest BCUT2D eigenvalue weighted by atomic mass is 9.70. The molecule has 0 amide bonds. The molecule has 0 aromatic rings. The number of hydrogen-bond acceptors (Lipinski definition) is 1. The summed E-state index contributed by atoms with van der Waals surface area (Å²) < 4.78 is 0. The van der Waals surface area contributed by atoms with Crippen molar-refractivity contribution >= 4 is 5.78 Å². The first-order valence-corrected chi connectivity index (χ1v) is 7.80. The van der Waals surface area contributed by atoms with E-state index in [0.29, 0.717) is 11.7 Å². The number of carbonyl (C=O) groups is 1. The summed E-state index contributed by atoms with van der Waals surface area (Å²) in [5.74, 6) is 2.86. The maximum atomic E-state index is 12.4. The molecule has 18 heavy (non-hydrogen) atoms. The molecule has 3 aliphatic carbocycles. The molecule has 0 aliphatic heterocycles. The van der Waals surface area contributed by atoms with Gasteiger partial charge in [-0.05, 0) is 54.4 Å². The lowest BCUT2D eigenvalue weighted by Gasteiger charge is -2.34. The summed E-state index contributed by atoms with van der Waals surface area (Å²) in [5, 5.41) is 0. The van der Waals surface area contributed by atoms with Crippen molar-refractivity contribution < 1.29 is 4.79 Å². The maximum absolute atomic E-state index is 12.4. The van der Waals surface area contributed by atoms with Gasteiger partial charge < -0.3 is 0 Å². The summed E-state index contributed by atoms with van der Waals surface area (Å²) in [6.07, 6.45) is 12.5. The summed E-state index contributed by atoms with van der Waals surface area (Å²) in [5.41, 5.74) is 1.43. The smallest absolute Gasteiger partial charge is 0.159 e. The fourth-order valence-corrected chi connectivity index (χ4v) is 4.59. The molecule has 3 rings (SSSR count). The van der Waals surface area contributed by atoms with Crippen molar-refractivity contribution in [1.29, 1.82) is 0 Å². The van der Waals surface area contributed by atoms with Gasteiger partial charge in [0, 0.05) is 6.42 Å². The van der Waals surface area contributed by atoms with Crippen LogP contribution in [-0.2, 0) is 4.79 Å². The van der Waals surface area contributed by atoms with E-state index in [1.165, 1.54) is 44.1 Å². The number of rotatable bonds is 1. The monoisotopic (exact) mass is 246 g/mol. The van der Waals surface area contributed by atoms with Crippen LogP contribution in [0.5, 0.6) is 0 Å². The molecule has 1 nitrogen and oxygen atoms in total. The zero-order valence-corrected chi connectivity index (χ0v) is 11.9. The van der Waals surface area contributed by atoms with Crippen LogP contribution in [0.2, 0.25) is 0 Å². The van der Waals surface area contributed by atoms with Gasteiger partial charge in [0.15, 0.2) is 5.78 Å². The standard InChI is InChI=1S/C17H26O/c1-17(2)10-9-15(16(18)11-17)14-8-7-12-5-3-4-6-13(12)14/h9,12-14H,3-8,10-11H2,1-2H3. The van der Waals surface area contributed by atoms with Crippen molar-refractivity contribution in [2.45, 2.75) is 65.2 Å². The van der Waals surface area contributed by atoms with E-state index in [1.54, 1.807) is 0 Å². The van der Waals surface area contributed by atoms with E-state index in [-0.39, 0.29) is 5.41 Å². The highest BCUT2D eigenvalue weighted by molar-refractivity contribution is 5.97. The average Bonchev–Trinajstić information content (AvgIpc) is 2.72. The highest BCUT2D eigenvalue weighted by Gasteiger charge is 2.42. The Labute approximate surface area is 111 Å². The average molecular weight is 246 g/mol. The zero-order chi connectivity index (χ0) is 12.8. The lowest BCUT2D eigenvalue weighted by molar-refractivity contribution is -0.118. The number of allylic oxidation sites excluding steroid dienone is 2. The van der Waals surface area contributed by atoms with E-state index in [4.69, 9.17) is 0 Å². The molecule has 3 atom stereocenters. The summed E-state index contributed by atoms with van der Waals surface area (Å²) in [7, 11) is 0. The van der Waals surface area contributed by atoms with Gasteiger partial charge >= 0.3 is 0 Å². The molecule has 3 aliphatic rings. The first kappa shape index (κ1) is 12.4. The van der Waals surface area contributed by atoms with Crippen molar-refractivity contribution in [2.75, 3.05) is 0 Å². The lowest BCUT2D eigenvalue weighted by Crippen LogP contribution is -2.29. The Bertz CT molecular complexity index is 377.